The van der Waals surface area contributed by atoms with Gasteiger partial charge in [0, 0.05) is 6.54 Å². The van der Waals surface area contributed by atoms with Crippen molar-refractivity contribution in [3.63, 3.8) is 0 Å². The minimum atomic E-state index is -3.46. The molecule has 0 amide bonds. The summed E-state index contributed by atoms with van der Waals surface area (Å²) in [7, 11) is -3.46. The molecule has 0 saturated carbocycles. The zero-order valence-electron chi connectivity index (χ0n) is 14.7. The third kappa shape index (κ3) is 4.27. The molecule has 1 heterocycles. The van der Waals surface area contributed by atoms with Gasteiger partial charge in [-0.2, -0.15) is 0 Å². The molecule has 1 atom stereocenters. The molecule has 132 valence electrons. The Kier molecular flexibility index (Phi) is 7.08. The average molecular weight is 361 g/mol. The van der Waals surface area contributed by atoms with E-state index in [-0.39, 0.29) is 12.4 Å². The van der Waals surface area contributed by atoms with E-state index < -0.39 is 10.0 Å². The van der Waals surface area contributed by atoms with Gasteiger partial charge in [0.15, 0.2) is 0 Å². The summed E-state index contributed by atoms with van der Waals surface area (Å²) in [6, 6.07) is 0. The Morgan fingerprint density at radius 3 is 2.00 bits per heavy atom. The summed E-state index contributed by atoms with van der Waals surface area (Å²) in [5.41, 5.74) is 5.07. The predicted molar refractivity (Wildman–Crippen MR) is 98.2 cm³/mol. The van der Waals surface area contributed by atoms with Crippen LogP contribution in [0.1, 0.15) is 40.7 Å². The van der Waals surface area contributed by atoms with Gasteiger partial charge >= 0.3 is 0 Å². The van der Waals surface area contributed by atoms with Gasteiger partial charge in [-0.1, -0.05) is 0 Å². The van der Waals surface area contributed by atoms with Crippen LogP contribution in [0, 0.1) is 40.5 Å². The first-order valence-corrected chi connectivity index (χ1v) is 9.51. The van der Waals surface area contributed by atoms with E-state index in [1.165, 1.54) is 5.56 Å². The molecule has 6 heteroatoms. The van der Waals surface area contributed by atoms with E-state index in [0.29, 0.717) is 17.4 Å². The fourth-order valence-corrected chi connectivity index (χ4v) is 4.98. The van der Waals surface area contributed by atoms with E-state index in [0.717, 1.165) is 48.2 Å². The molecule has 0 spiro atoms. The highest BCUT2D eigenvalue weighted by atomic mass is 35.5. The van der Waals surface area contributed by atoms with Crippen molar-refractivity contribution in [2.45, 2.75) is 52.4 Å². The van der Waals surface area contributed by atoms with E-state index in [1.807, 2.05) is 27.7 Å². The maximum absolute atomic E-state index is 12.8. The number of hydrogen-bond donors (Lipinski definition) is 2. The van der Waals surface area contributed by atoms with Crippen LogP contribution in [0.25, 0.3) is 0 Å². The summed E-state index contributed by atoms with van der Waals surface area (Å²) >= 11 is 0. The summed E-state index contributed by atoms with van der Waals surface area (Å²) in [4.78, 5) is 0.469. The van der Waals surface area contributed by atoms with Gasteiger partial charge in [-0.15, -0.1) is 12.4 Å². The number of nitrogens with one attached hydrogen (secondary N) is 2. The summed E-state index contributed by atoms with van der Waals surface area (Å²) in [6.45, 7) is 12.3. The van der Waals surface area contributed by atoms with Crippen molar-refractivity contribution in [1.29, 1.82) is 0 Å². The third-order valence-corrected chi connectivity index (χ3v) is 6.86. The zero-order chi connectivity index (χ0) is 16.5. The molecule has 0 radical (unpaired) electrons. The highest BCUT2D eigenvalue weighted by Crippen LogP contribution is 2.29. The maximum atomic E-state index is 12.8. The van der Waals surface area contributed by atoms with Gasteiger partial charge < -0.3 is 5.32 Å². The van der Waals surface area contributed by atoms with Crippen LogP contribution in [-0.4, -0.2) is 28.1 Å². The number of benzene rings is 1. The molecule has 2 rings (SSSR count). The van der Waals surface area contributed by atoms with Crippen LogP contribution in [0.5, 0.6) is 0 Å². The number of halogens is 1. The minimum absolute atomic E-state index is 0. The number of hydrogen-bond acceptors (Lipinski definition) is 3. The summed E-state index contributed by atoms with van der Waals surface area (Å²) in [5.74, 6) is 0.386. The van der Waals surface area contributed by atoms with Gasteiger partial charge in [0.2, 0.25) is 10.0 Å². The molecule has 0 aromatic heterocycles. The highest BCUT2D eigenvalue weighted by molar-refractivity contribution is 7.89. The lowest BCUT2D eigenvalue weighted by molar-refractivity contribution is 0.376. The highest BCUT2D eigenvalue weighted by Gasteiger charge is 2.24. The largest absolute Gasteiger partial charge is 0.316 e. The van der Waals surface area contributed by atoms with Crippen LogP contribution in [-0.2, 0) is 10.0 Å². The molecule has 0 bridgehead atoms. The fraction of sp³-hybridized carbons (Fsp3) is 0.647. The molecular weight excluding hydrogens is 332 g/mol. The lowest BCUT2D eigenvalue weighted by Crippen LogP contribution is -2.38. The van der Waals surface area contributed by atoms with Crippen molar-refractivity contribution in [2.24, 2.45) is 5.92 Å². The van der Waals surface area contributed by atoms with Crippen molar-refractivity contribution in [3.05, 3.63) is 27.8 Å². The fourth-order valence-electron chi connectivity index (χ4n) is 3.27. The van der Waals surface area contributed by atoms with E-state index in [1.54, 1.807) is 0 Å². The first kappa shape index (κ1) is 20.4. The van der Waals surface area contributed by atoms with Gasteiger partial charge in [0.05, 0.1) is 4.90 Å². The SMILES string of the molecule is Cc1c(C)c(C)c(S(=O)(=O)NCC2CCCNC2)c(C)c1C.Cl. The van der Waals surface area contributed by atoms with Gasteiger partial charge in [-0.25, -0.2) is 13.1 Å². The van der Waals surface area contributed by atoms with Gasteiger partial charge in [0.25, 0.3) is 0 Å². The predicted octanol–water partition coefficient (Wildman–Crippen LogP) is 2.93. The zero-order valence-corrected chi connectivity index (χ0v) is 16.4. The van der Waals surface area contributed by atoms with E-state index >= 15 is 0 Å². The molecule has 2 N–H and O–H groups in total. The van der Waals surface area contributed by atoms with Crippen molar-refractivity contribution >= 4 is 22.4 Å². The van der Waals surface area contributed by atoms with E-state index in [9.17, 15) is 8.42 Å². The summed E-state index contributed by atoms with van der Waals surface area (Å²) in [6.07, 6.45) is 2.20. The molecule has 0 aliphatic carbocycles. The molecule has 1 aliphatic heterocycles. The van der Waals surface area contributed by atoms with Crippen LogP contribution in [0.4, 0.5) is 0 Å². The Balaban J connectivity index is 0.00000264. The van der Waals surface area contributed by atoms with E-state index in [2.05, 4.69) is 17.0 Å². The summed E-state index contributed by atoms with van der Waals surface area (Å²) in [5, 5.41) is 3.32. The van der Waals surface area contributed by atoms with Crippen molar-refractivity contribution in [3.8, 4) is 0 Å². The molecule has 1 unspecified atom stereocenters. The van der Waals surface area contributed by atoms with Crippen LogP contribution >= 0.6 is 12.4 Å². The molecule has 4 nitrogen and oxygen atoms in total. The molecule has 1 saturated heterocycles. The van der Waals surface area contributed by atoms with Crippen molar-refractivity contribution in [1.82, 2.24) is 10.0 Å². The Morgan fingerprint density at radius 1 is 1.00 bits per heavy atom. The Bertz CT molecular complexity index is 637. The Morgan fingerprint density at radius 2 is 1.52 bits per heavy atom. The van der Waals surface area contributed by atoms with E-state index in [4.69, 9.17) is 0 Å². The second kappa shape index (κ2) is 7.97. The first-order chi connectivity index (χ1) is 10.3. The molecule has 1 aromatic carbocycles. The van der Waals surface area contributed by atoms with Crippen molar-refractivity contribution < 1.29 is 8.42 Å². The minimum Gasteiger partial charge on any atom is -0.316 e. The second-order valence-corrected chi connectivity index (χ2v) is 8.22. The molecule has 1 fully saturated rings. The smallest absolute Gasteiger partial charge is 0.241 e. The van der Waals surface area contributed by atoms with Crippen LogP contribution in [0.3, 0.4) is 0 Å². The molecule has 23 heavy (non-hydrogen) atoms. The molecular formula is C17H29ClN2O2S. The van der Waals surface area contributed by atoms with Crippen LogP contribution in [0.2, 0.25) is 0 Å². The lowest BCUT2D eigenvalue weighted by Gasteiger charge is -2.24. The normalized spacial score (nSPS) is 18.6. The average Bonchev–Trinajstić information content (AvgIpc) is 2.50. The molecule has 1 aliphatic rings. The number of piperidine rings is 1. The van der Waals surface area contributed by atoms with Gasteiger partial charge in [-0.3, -0.25) is 0 Å². The summed E-state index contributed by atoms with van der Waals surface area (Å²) < 4.78 is 28.4. The number of rotatable bonds is 4. The quantitative estimate of drug-likeness (QED) is 0.867. The van der Waals surface area contributed by atoms with Gasteiger partial charge in [-0.05, 0) is 94.3 Å². The second-order valence-electron chi connectivity index (χ2n) is 6.52. The van der Waals surface area contributed by atoms with Crippen LogP contribution < -0.4 is 10.0 Å². The van der Waals surface area contributed by atoms with Gasteiger partial charge in [0.1, 0.15) is 0 Å². The standard InChI is InChI=1S/C17H28N2O2S.ClH/c1-11-12(2)14(4)17(15(5)13(11)3)22(20,21)19-10-16-7-6-8-18-9-16;/h16,18-19H,6-10H2,1-5H3;1H. The Hall–Kier alpha value is -0.620. The third-order valence-electron chi connectivity index (χ3n) is 5.16. The lowest BCUT2D eigenvalue weighted by atomic mass is 9.95. The topological polar surface area (TPSA) is 58.2 Å². The number of sulfonamides is 1. The first-order valence-electron chi connectivity index (χ1n) is 8.03. The maximum Gasteiger partial charge on any atom is 0.241 e. The monoisotopic (exact) mass is 360 g/mol. The van der Waals surface area contributed by atoms with Crippen LogP contribution in [0.15, 0.2) is 4.90 Å². The van der Waals surface area contributed by atoms with Crippen molar-refractivity contribution in [2.75, 3.05) is 19.6 Å². The molecule has 1 aromatic rings. The Labute approximate surface area is 146 Å².